The van der Waals surface area contributed by atoms with Crippen LogP contribution in [-0.4, -0.2) is 17.6 Å². The number of aromatic nitrogens is 1. The van der Waals surface area contributed by atoms with E-state index in [1.165, 1.54) is 6.26 Å². The van der Waals surface area contributed by atoms with E-state index in [1.54, 1.807) is 25.1 Å². The van der Waals surface area contributed by atoms with Gasteiger partial charge in [-0.2, -0.15) is 4.98 Å². The number of benzene rings is 1. The Labute approximate surface area is 114 Å². The Balaban J connectivity index is 2.15. The number of nitrogen functional groups attached to an aromatic ring is 1. The molecule has 1 aromatic heterocycles. The Hall–Kier alpha value is -2.21. The third-order valence-electron chi connectivity index (χ3n) is 2.22. The first-order valence-corrected chi connectivity index (χ1v) is 5.92. The minimum absolute atomic E-state index is 0.0874. The fourth-order valence-corrected chi connectivity index (χ4v) is 1.55. The van der Waals surface area contributed by atoms with E-state index in [2.05, 4.69) is 10.3 Å². The number of esters is 1. The van der Waals surface area contributed by atoms with E-state index in [9.17, 15) is 4.79 Å². The monoisotopic (exact) mass is 281 g/mol. The zero-order valence-electron chi connectivity index (χ0n) is 10.1. The van der Waals surface area contributed by atoms with Crippen molar-refractivity contribution in [2.45, 2.75) is 6.92 Å². The van der Waals surface area contributed by atoms with E-state index < -0.39 is 5.97 Å². The van der Waals surface area contributed by atoms with Crippen LogP contribution in [0.4, 0.5) is 17.4 Å². The lowest BCUT2D eigenvalue weighted by Gasteiger charge is -2.04. The SMILES string of the molecule is CCOC(=O)c1coc(Nc2cc(N)ccc2Cl)n1. The normalized spacial score (nSPS) is 10.2. The first-order valence-electron chi connectivity index (χ1n) is 5.55. The Morgan fingerprint density at radius 2 is 2.37 bits per heavy atom. The van der Waals surface area contributed by atoms with Crippen LogP contribution in [-0.2, 0) is 4.74 Å². The first-order chi connectivity index (χ1) is 9.10. The van der Waals surface area contributed by atoms with Crippen LogP contribution in [0, 0.1) is 0 Å². The van der Waals surface area contributed by atoms with Crippen molar-refractivity contribution in [1.82, 2.24) is 4.98 Å². The maximum atomic E-state index is 11.4. The molecule has 6 nitrogen and oxygen atoms in total. The summed E-state index contributed by atoms with van der Waals surface area (Å²) < 4.78 is 9.91. The summed E-state index contributed by atoms with van der Waals surface area (Å²) in [6.45, 7) is 1.99. The highest BCUT2D eigenvalue weighted by Gasteiger charge is 2.13. The minimum atomic E-state index is -0.544. The summed E-state index contributed by atoms with van der Waals surface area (Å²) in [6, 6.07) is 5.09. The van der Waals surface area contributed by atoms with Crippen molar-refractivity contribution in [2.24, 2.45) is 0 Å². The van der Waals surface area contributed by atoms with Gasteiger partial charge >= 0.3 is 5.97 Å². The lowest BCUT2D eigenvalue weighted by Crippen LogP contribution is -2.05. The molecule has 1 heterocycles. The van der Waals surface area contributed by atoms with Gasteiger partial charge in [-0.15, -0.1) is 0 Å². The number of rotatable bonds is 4. The molecule has 0 amide bonds. The van der Waals surface area contributed by atoms with Gasteiger partial charge in [0, 0.05) is 5.69 Å². The van der Waals surface area contributed by atoms with Gasteiger partial charge in [-0.25, -0.2) is 4.79 Å². The van der Waals surface area contributed by atoms with Gasteiger partial charge in [0.1, 0.15) is 6.26 Å². The number of hydrogen-bond acceptors (Lipinski definition) is 6. The molecule has 2 rings (SSSR count). The molecule has 0 saturated carbocycles. The molecule has 0 unspecified atom stereocenters. The van der Waals surface area contributed by atoms with Gasteiger partial charge in [0.15, 0.2) is 5.69 Å². The van der Waals surface area contributed by atoms with Crippen molar-refractivity contribution < 1.29 is 13.9 Å². The maximum Gasteiger partial charge on any atom is 0.360 e. The Morgan fingerprint density at radius 3 is 3.11 bits per heavy atom. The van der Waals surface area contributed by atoms with Crippen molar-refractivity contribution in [3.63, 3.8) is 0 Å². The molecule has 0 bridgehead atoms. The molecule has 0 aliphatic heterocycles. The minimum Gasteiger partial charge on any atom is -0.461 e. The highest BCUT2D eigenvalue weighted by molar-refractivity contribution is 6.33. The summed E-state index contributed by atoms with van der Waals surface area (Å²) in [5, 5.41) is 3.30. The summed E-state index contributed by atoms with van der Waals surface area (Å²) in [6.07, 6.45) is 1.21. The van der Waals surface area contributed by atoms with E-state index in [4.69, 9.17) is 26.5 Å². The third-order valence-corrected chi connectivity index (χ3v) is 2.55. The topological polar surface area (TPSA) is 90.4 Å². The molecule has 0 spiro atoms. The summed E-state index contributed by atoms with van der Waals surface area (Å²) in [7, 11) is 0. The molecular weight excluding hydrogens is 270 g/mol. The van der Waals surface area contributed by atoms with E-state index in [-0.39, 0.29) is 18.3 Å². The van der Waals surface area contributed by atoms with Crippen LogP contribution in [0.5, 0.6) is 0 Å². The number of carbonyl (C=O) groups is 1. The van der Waals surface area contributed by atoms with Gasteiger partial charge in [0.05, 0.1) is 17.3 Å². The molecule has 7 heteroatoms. The van der Waals surface area contributed by atoms with Gasteiger partial charge in [-0.05, 0) is 25.1 Å². The standard InChI is InChI=1S/C12H12ClN3O3/c1-2-18-11(17)10-6-19-12(16-10)15-9-5-7(14)3-4-8(9)13/h3-6H,2,14H2,1H3,(H,15,16). The average Bonchev–Trinajstić information content (AvgIpc) is 2.83. The number of nitrogens with one attached hydrogen (secondary N) is 1. The number of oxazole rings is 1. The Bertz CT molecular complexity index is 598. The number of anilines is 3. The quantitative estimate of drug-likeness (QED) is 0.661. The van der Waals surface area contributed by atoms with E-state index >= 15 is 0 Å². The first kappa shape index (κ1) is 13.2. The van der Waals surface area contributed by atoms with Gasteiger partial charge in [0.2, 0.25) is 0 Å². The molecule has 0 saturated heterocycles. The molecule has 0 fully saturated rings. The lowest BCUT2D eigenvalue weighted by atomic mass is 10.3. The zero-order valence-corrected chi connectivity index (χ0v) is 10.9. The second-order valence-electron chi connectivity index (χ2n) is 3.62. The molecule has 100 valence electrons. The summed E-state index contributed by atoms with van der Waals surface area (Å²) in [5.74, 6) is -0.544. The van der Waals surface area contributed by atoms with Crippen LogP contribution in [0.15, 0.2) is 28.9 Å². The zero-order chi connectivity index (χ0) is 13.8. The van der Waals surface area contributed by atoms with Crippen LogP contribution >= 0.6 is 11.6 Å². The van der Waals surface area contributed by atoms with Gasteiger partial charge < -0.3 is 20.2 Å². The number of halogens is 1. The average molecular weight is 282 g/mol. The molecule has 0 radical (unpaired) electrons. The third kappa shape index (κ3) is 3.17. The van der Waals surface area contributed by atoms with E-state index in [0.717, 1.165) is 0 Å². The highest BCUT2D eigenvalue weighted by Crippen LogP contribution is 2.27. The van der Waals surface area contributed by atoms with Crippen LogP contribution < -0.4 is 11.1 Å². The van der Waals surface area contributed by atoms with Crippen molar-refractivity contribution in [3.8, 4) is 0 Å². The fraction of sp³-hybridized carbons (Fsp3) is 0.167. The van der Waals surface area contributed by atoms with Crippen molar-refractivity contribution in [3.05, 3.63) is 35.2 Å². The fourth-order valence-electron chi connectivity index (χ4n) is 1.38. The van der Waals surface area contributed by atoms with Crippen molar-refractivity contribution >= 4 is 35.0 Å². The second-order valence-corrected chi connectivity index (χ2v) is 4.03. The Kier molecular flexibility index (Phi) is 3.91. The number of hydrogen-bond donors (Lipinski definition) is 2. The molecule has 19 heavy (non-hydrogen) atoms. The van der Waals surface area contributed by atoms with Gasteiger partial charge in [-0.3, -0.25) is 0 Å². The number of carbonyl (C=O) groups excluding carboxylic acids is 1. The van der Waals surface area contributed by atoms with Crippen LogP contribution in [0.3, 0.4) is 0 Å². The van der Waals surface area contributed by atoms with E-state index in [1.807, 2.05) is 0 Å². The van der Waals surface area contributed by atoms with E-state index in [0.29, 0.717) is 16.4 Å². The second kappa shape index (κ2) is 5.62. The molecule has 2 aromatic rings. The molecule has 3 N–H and O–H groups in total. The lowest BCUT2D eigenvalue weighted by molar-refractivity contribution is 0.0519. The highest BCUT2D eigenvalue weighted by atomic mass is 35.5. The van der Waals surface area contributed by atoms with Crippen molar-refractivity contribution in [2.75, 3.05) is 17.7 Å². The molecule has 0 aliphatic carbocycles. The largest absolute Gasteiger partial charge is 0.461 e. The number of ether oxygens (including phenoxy) is 1. The van der Waals surface area contributed by atoms with Gasteiger partial charge in [0.25, 0.3) is 6.01 Å². The molecule has 0 aliphatic rings. The maximum absolute atomic E-state index is 11.4. The van der Waals surface area contributed by atoms with Crippen LogP contribution in [0.25, 0.3) is 0 Å². The molecule has 0 atom stereocenters. The van der Waals surface area contributed by atoms with Crippen molar-refractivity contribution in [1.29, 1.82) is 0 Å². The smallest absolute Gasteiger partial charge is 0.360 e. The predicted molar refractivity (Wildman–Crippen MR) is 71.6 cm³/mol. The summed E-state index contributed by atoms with van der Waals surface area (Å²) in [4.78, 5) is 15.4. The molecular formula is C12H12ClN3O3. The number of nitrogens with zero attached hydrogens (tertiary/aromatic N) is 1. The predicted octanol–water partition coefficient (Wildman–Crippen LogP) is 2.83. The summed E-state index contributed by atoms with van der Waals surface area (Å²) in [5.41, 5.74) is 6.82. The van der Waals surface area contributed by atoms with Crippen LogP contribution in [0.1, 0.15) is 17.4 Å². The summed E-state index contributed by atoms with van der Waals surface area (Å²) >= 11 is 5.99. The Morgan fingerprint density at radius 1 is 1.58 bits per heavy atom. The molecule has 1 aromatic carbocycles. The van der Waals surface area contributed by atoms with Crippen LogP contribution in [0.2, 0.25) is 5.02 Å². The van der Waals surface area contributed by atoms with Gasteiger partial charge in [-0.1, -0.05) is 11.6 Å². The number of nitrogens with two attached hydrogens (primary N) is 1.